The van der Waals surface area contributed by atoms with Crippen molar-refractivity contribution in [3.8, 4) is 0 Å². The minimum atomic E-state index is 0.410. The van der Waals surface area contributed by atoms with Gasteiger partial charge in [0.1, 0.15) is 0 Å². The van der Waals surface area contributed by atoms with Crippen molar-refractivity contribution in [2.24, 2.45) is 5.92 Å². The molecule has 15 heavy (non-hydrogen) atoms. The van der Waals surface area contributed by atoms with Crippen LogP contribution in [-0.4, -0.2) is 6.61 Å². The molecule has 1 fully saturated rings. The van der Waals surface area contributed by atoms with Crippen LogP contribution in [0.4, 0.5) is 0 Å². The largest absolute Gasteiger partial charge is 0.301 e. The van der Waals surface area contributed by atoms with Gasteiger partial charge in [-0.1, -0.05) is 18.9 Å². The summed E-state index contributed by atoms with van der Waals surface area (Å²) in [5.41, 5.74) is 3.22. The molecule has 1 atom stereocenters. The quantitative estimate of drug-likeness (QED) is 0.774. The van der Waals surface area contributed by atoms with E-state index < -0.39 is 0 Å². The number of rotatable bonds is 5. The van der Waals surface area contributed by atoms with E-state index in [1.807, 2.05) is 18.3 Å². The highest BCUT2D eigenvalue weighted by atomic mass is 32.1. The number of hydrogen-bond donors (Lipinski definition) is 1. The van der Waals surface area contributed by atoms with E-state index in [0.717, 1.165) is 12.5 Å². The third kappa shape index (κ3) is 2.80. The normalized spacial score (nSPS) is 19.5. The van der Waals surface area contributed by atoms with E-state index in [0.29, 0.717) is 6.04 Å². The predicted octanol–water partition coefficient (Wildman–Crippen LogP) is 3.52. The van der Waals surface area contributed by atoms with Gasteiger partial charge in [0.05, 0.1) is 12.6 Å². The number of hydrogen-bond acceptors (Lipinski definition) is 3. The molecular formula is C12H19NOS. The molecular weight excluding hydrogens is 206 g/mol. The fourth-order valence-electron chi connectivity index (χ4n) is 2.32. The molecule has 0 aliphatic heterocycles. The Bertz CT molecular complexity index is 267. The standard InChI is InChI=1S/C12H19NOS/c1-2-14-13-12(10-6-3-4-7-10)11-8-5-9-15-11/h5,8-10,12-13H,2-4,6-7H2,1H3. The fourth-order valence-corrected chi connectivity index (χ4v) is 3.18. The van der Waals surface area contributed by atoms with Gasteiger partial charge in [-0.2, -0.15) is 5.48 Å². The van der Waals surface area contributed by atoms with Crippen LogP contribution in [0.1, 0.15) is 43.5 Å². The van der Waals surface area contributed by atoms with Crippen LogP contribution in [0.5, 0.6) is 0 Å². The number of nitrogens with one attached hydrogen (secondary N) is 1. The highest BCUT2D eigenvalue weighted by molar-refractivity contribution is 7.10. The maximum atomic E-state index is 5.39. The Balaban J connectivity index is 2.01. The molecule has 1 aliphatic carbocycles. The molecule has 1 saturated carbocycles. The lowest BCUT2D eigenvalue weighted by atomic mass is 9.98. The van der Waals surface area contributed by atoms with Gasteiger partial charge in [-0.25, -0.2) is 0 Å². The Hall–Kier alpha value is -0.380. The van der Waals surface area contributed by atoms with E-state index in [-0.39, 0.29) is 0 Å². The molecule has 0 spiro atoms. The van der Waals surface area contributed by atoms with Gasteiger partial charge >= 0.3 is 0 Å². The first-order valence-corrected chi connectivity index (χ1v) is 6.70. The van der Waals surface area contributed by atoms with Gasteiger partial charge in [-0.05, 0) is 37.1 Å². The summed E-state index contributed by atoms with van der Waals surface area (Å²) in [5, 5.41) is 2.14. The summed E-state index contributed by atoms with van der Waals surface area (Å²) in [4.78, 5) is 6.80. The summed E-state index contributed by atoms with van der Waals surface area (Å²) < 4.78 is 0. The molecule has 1 aromatic rings. The van der Waals surface area contributed by atoms with Gasteiger partial charge < -0.3 is 4.84 Å². The predicted molar refractivity (Wildman–Crippen MR) is 63.8 cm³/mol. The molecule has 0 radical (unpaired) electrons. The van der Waals surface area contributed by atoms with Crippen molar-refractivity contribution < 1.29 is 4.84 Å². The van der Waals surface area contributed by atoms with Gasteiger partial charge in [0.2, 0.25) is 0 Å². The minimum absolute atomic E-state index is 0.410. The van der Waals surface area contributed by atoms with Crippen molar-refractivity contribution >= 4 is 11.3 Å². The third-order valence-electron chi connectivity index (χ3n) is 3.08. The van der Waals surface area contributed by atoms with Gasteiger partial charge in [0.25, 0.3) is 0 Å². The van der Waals surface area contributed by atoms with Crippen molar-refractivity contribution in [3.05, 3.63) is 22.4 Å². The van der Waals surface area contributed by atoms with Crippen LogP contribution in [0.25, 0.3) is 0 Å². The van der Waals surface area contributed by atoms with Crippen LogP contribution in [0.15, 0.2) is 17.5 Å². The summed E-state index contributed by atoms with van der Waals surface area (Å²) >= 11 is 1.83. The highest BCUT2D eigenvalue weighted by Crippen LogP contribution is 2.37. The van der Waals surface area contributed by atoms with Crippen molar-refractivity contribution in [1.82, 2.24) is 5.48 Å². The average molecular weight is 225 g/mol. The van der Waals surface area contributed by atoms with Gasteiger partial charge in [-0.3, -0.25) is 0 Å². The SMILES string of the molecule is CCONC(c1cccs1)C1CCCC1. The zero-order valence-electron chi connectivity index (χ0n) is 9.24. The maximum absolute atomic E-state index is 5.39. The van der Waals surface area contributed by atoms with Crippen LogP contribution in [0, 0.1) is 5.92 Å². The Morgan fingerprint density at radius 2 is 2.33 bits per heavy atom. The van der Waals surface area contributed by atoms with Gasteiger partial charge in [0.15, 0.2) is 0 Å². The van der Waals surface area contributed by atoms with Gasteiger partial charge in [-0.15, -0.1) is 11.3 Å². The summed E-state index contributed by atoms with van der Waals surface area (Å²) in [6, 6.07) is 4.74. The van der Waals surface area contributed by atoms with E-state index in [1.165, 1.54) is 30.6 Å². The summed E-state index contributed by atoms with van der Waals surface area (Å²) in [6.45, 7) is 2.75. The average Bonchev–Trinajstić information content (AvgIpc) is 2.90. The van der Waals surface area contributed by atoms with Gasteiger partial charge in [0, 0.05) is 4.88 Å². The molecule has 0 aromatic carbocycles. The van der Waals surface area contributed by atoms with E-state index >= 15 is 0 Å². The Kier molecular flexibility index (Phi) is 4.18. The molecule has 1 N–H and O–H groups in total. The topological polar surface area (TPSA) is 21.3 Å². The van der Waals surface area contributed by atoms with Crippen LogP contribution in [0.3, 0.4) is 0 Å². The molecule has 1 unspecified atom stereocenters. The lowest BCUT2D eigenvalue weighted by molar-refractivity contribution is 0.00952. The molecule has 2 rings (SSSR count). The molecule has 2 nitrogen and oxygen atoms in total. The lowest BCUT2D eigenvalue weighted by Crippen LogP contribution is -2.26. The third-order valence-corrected chi connectivity index (χ3v) is 4.03. The van der Waals surface area contributed by atoms with Crippen LogP contribution in [0.2, 0.25) is 0 Å². The second-order valence-electron chi connectivity index (χ2n) is 4.09. The lowest BCUT2D eigenvalue weighted by Gasteiger charge is -2.22. The number of thiophene rings is 1. The summed E-state index contributed by atoms with van der Waals surface area (Å²) in [5.74, 6) is 0.759. The molecule has 1 heterocycles. The van der Waals surface area contributed by atoms with E-state index in [4.69, 9.17) is 4.84 Å². The van der Waals surface area contributed by atoms with Crippen LogP contribution < -0.4 is 5.48 Å². The molecule has 3 heteroatoms. The first-order chi connectivity index (χ1) is 7.42. The molecule has 1 aromatic heterocycles. The summed E-state index contributed by atoms with van der Waals surface area (Å²) in [7, 11) is 0. The molecule has 0 amide bonds. The fraction of sp³-hybridized carbons (Fsp3) is 0.667. The van der Waals surface area contributed by atoms with Crippen molar-refractivity contribution in [2.75, 3.05) is 6.61 Å². The van der Waals surface area contributed by atoms with Crippen LogP contribution >= 0.6 is 11.3 Å². The van der Waals surface area contributed by atoms with E-state index in [1.54, 1.807) is 0 Å². The Morgan fingerprint density at radius 1 is 1.53 bits per heavy atom. The monoisotopic (exact) mass is 225 g/mol. The second kappa shape index (κ2) is 5.64. The molecule has 1 aliphatic rings. The maximum Gasteiger partial charge on any atom is 0.0692 e. The van der Waals surface area contributed by atoms with Crippen molar-refractivity contribution in [2.45, 2.75) is 38.6 Å². The first kappa shape index (κ1) is 11.1. The second-order valence-corrected chi connectivity index (χ2v) is 5.07. The molecule has 0 bridgehead atoms. The summed E-state index contributed by atoms with van der Waals surface area (Å²) in [6.07, 6.45) is 5.42. The smallest absolute Gasteiger partial charge is 0.0692 e. The molecule has 0 saturated heterocycles. The Labute approximate surface area is 95.6 Å². The number of hydroxylamine groups is 1. The zero-order valence-corrected chi connectivity index (χ0v) is 10.1. The highest BCUT2D eigenvalue weighted by Gasteiger charge is 2.26. The first-order valence-electron chi connectivity index (χ1n) is 5.82. The van der Waals surface area contributed by atoms with E-state index in [9.17, 15) is 0 Å². The zero-order chi connectivity index (χ0) is 10.5. The van der Waals surface area contributed by atoms with Crippen molar-refractivity contribution in [3.63, 3.8) is 0 Å². The molecule has 84 valence electrons. The Morgan fingerprint density at radius 3 is 2.93 bits per heavy atom. The van der Waals surface area contributed by atoms with E-state index in [2.05, 4.69) is 23.0 Å². The minimum Gasteiger partial charge on any atom is -0.301 e. The van der Waals surface area contributed by atoms with Crippen molar-refractivity contribution in [1.29, 1.82) is 0 Å². The van der Waals surface area contributed by atoms with Crippen LogP contribution in [-0.2, 0) is 4.84 Å².